The largest absolute Gasteiger partial charge is 0.307 e. The van der Waals surface area contributed by atoms with Crippen molar-refractivity contribution in [3.8, 4) is 0 Å². The van der Waals surface area contributed by atoms with Crippen molar-refractivity contribution in [2.75, 3.05) is 0 Å². The van der Waals surface area contributed by atoms with Crippen LogP contribution < -0.4 is 0 Å². The summed E-state index contributed by atoms with van der Waals surface area (Å²) in [7, 11) is 0. The summed E-state index contributed by atoms with van der Waals surface area (Å²) in [6, 6.07) is 8.45. The van der Waals surface area contributed by atoms with Crippen LogP contribution in [0.2, 0.25) is 0 Å². The molecule has 1 nitrogen and oxygen atoms in total. The lowest BCUT2D eigenvalue weighted by molar-refractivity contribution is -0.0979. The van der Waals surface area contributed by atoms with Gasteiger partial charge in [0.05, 0.1) is 0 Å². The van der Waals surface area contributed by atoms with Gasteiger partial charge in [-0.2, -0.15) is 0 Å². The number of rotatable bonds is 0. The first-order valence-corrected chi connectivity index (χ1v) is 4.11. The first-order valence-electron chi connectivity index (χ1n) is 4.11. The van der Waals surface area contributed by atoms with Gasteiger partial charge >= 0.3 is 0 Å². The van der Waals surface area contributed by atoms with Crippen LogP contribution in [0.15, 0.2) is 24.3 Å². The molecule has 0 saturated heterocycles. The fourth-order valence-corrected chi connectivity index (χ4v) is 0.807. The minimum absolute atomic E-state index is 1.34. The number of hydrogen-bond acceptors (Lipinski definition) is 1. The molecule has 0 radical (unpaired) electrons. The van der Waals surface area contributed by atoms with Crippen molar-refractivity contribution in [2.45, 2.75) is 27.7 Å². The van der Waals surface area contributed by atoms with Gasteiger partial charge in [-0.3, -0.25) is 0 Å². The maximum atomic E-state index is 8.00. The van der Waals surface area contributed by atoms with E-state index in [4.69, 9.17) is 4.79 Å². The van der Waals surface area contributed by atoms with Gasteiger partial charge in [0, 0.05) is 0 Å². The average molecular weight is 166 g/mol. The van der Waals surface area contributed by atoms with Crippen molar-refractivity contribution in [1.82, 2.24) is 0 Å². The average Bonchev–Trinajstić information content (AvgIpc) is 2.11. The molecule has 0 unspecified atom stereocenters. The molecule has 0 atom stereocenters. The predicted molar refractivity (Wildman–Crippen MR) is 54.4 cm³/mol. The molecule has 0 aliphatic rings. The summed E-state index contributed by atoms with van der Waals surface area (Å²) < 4.78 is 0. The van der Waals surface area contributed by atoms with E-state index in [0.29, 0.717) is 0 Å². The Morgan fingerprint density at radius 1 is 1.00 bits per heavy atom. The lowest BCUT2D eigenvalue weighted by Crippen LogP contribution is -1.71. The predicted octanol–water partition coefficient (Wildman–Crippen LogP) is 3.14. The molecule has 0 aliphatic heterocycles. The van der Waals surface area contributed by atoms with Gasteiger partial charge in [0.1, 0.15) is 6.79 Å². The molecule has 0 aromatic heterocycles. The topological polar surface area (TPSA) is 17.1 Å². The zero-order valence-electron chi connectivity index (χ0n) is 8.42. The Bertz CT molecular complexity index is 177. The zero-order valence-corrected chi connectivity index (χ0v) is 8.42. The smallest absolute Gasteiger partial charge is 0.106 e. The van der Waals surface area contributed by atoms with E-state index < -0.39 is 0 Å². The number of carbonyl (C=O) groups is 1. The molecule has 0 fully saturated rings. The van der Waals surface area contributed by atoms with Crippen LogP contribution in [0.4, 0.5) is 0 Å². The molecule has 1 heteroatoms. The van der Waals surface area contributed by atoms with E-state index >= 15 is 0 Å². The van der Waals surface area contributed by atoms with Gasteiger partial charge < -0.3 is 4.79 Å². The Labute approximate surface area is 75.4 Å². The van der Waals surface area contributed by atoms with Crippen molar-refractivity contribution < 1.29 is 4.79 Å². The second-order valence-electron chi connectivity index (χ2n) is 2.16. The van der Waals surface area contributed by atoms with Crippen molar-refractivity contribution in [2.24, 2.45) is 0 Å². The van der Waals surface area contributed by atoms with E-state index in [0.717, 1.165) is 0 Å². The van der Waals surface area contributed by atoms with Crippen LogP contribution in [0.1, 0.15) is 25.0 Å². The third kappa shape index (κ3) is 7.00. The van der Waals surface area contributed by atoms with Crippen molar-refractivity contribution in [1.29, 1.82) is 0 Å². The molecular formula is C11H18O. The molecule has 0 aliphatic carbocycles. The van der Waals surface area contributed by atoms with E-state index in [9.17, 15) is 0 Å². The van der Waals surface area contributed by atoms with Gasteiger partial charge in [-0.05, 0) is 13.8 Å². The third-order valence-electron chi connectivity index (χ3n) is 1.17. The summed E-state index contributed by atoms with van der Waals surface area (Å²) in [5.41, 5.74) is 2.68. The van der Waals surface area contributed by atoms with Crippen molar-refractivity contribution in [3.05, 3.63) is 35.4 Å². The summed E-state index contributed by atoms with van der Waals surface area (Å²) in [5.74, 6) is 0. The second-order valence-corrected chi connectivity index (χ2v) is 2.16. The molecule has 1 aromatic rings. The normalized spacial score (nSPS) is 7.00. The van der Waals surface area contributed by atoms with E-state index in [1.807, 2.05) is 20.6 Å². The number of aryl methyl sites for hydroxylation is 2. The molecule has 12 heavy (non-hydrogen) atoms. The fourth-order valence-electron chi connectivity index (χ4n) is 0.807. The summed E-state index contributed by atoms with van der Waals surface area (Å²) in [6.07, 6.45) is 0. The highest BCUT2D eigenvalue weighted by molar-refractivity contribution is 5.20. The van der Waals surface area contributed by atoms with Crippen LogP contribution in [0.3, 0.4) is 0 Å². The summed E-state index contributed by atoms with van der Waals surface area (Å²) in [5, 5.41) is 0. The maximum Gasteiger partial charge on any atom is 0.106 e. The van der Waals surface area contributed by atoms with Crippen molar-refractivity contribution in [3.63, 3.8) is 0 Å². The fraction of sp³-hybridized carbons (Fsp3) is 0.364. The molecule has 0 heterocycles. The highest BCUT2D eigenvalue weighted by Crippen LogP contribution is 2.00. The van der Waals surface area contributed by atoms with Gasteiger partial charge in [-0.25, -0.2) is 0 Å². The van der Waals surface area contributed by atoms with Crippen LogP contribution in [0, 0.1) is 13.8 Å². The SMILES string of the molecule is C=O.CC.Cc1cccc(C)c1. The summed E-state index contributed by atoms with van der Waals surface area (Å²) >= 11 is 0. The molecule has 1 aromatic carbocycles. The summed E-state index contributed by atoms with van der Waals surface area (Å²) in [6.45, 7) is 10.2. The molecule has 0 N–H and O–H groups in total. The van der Waals surface area contributed by atoms with E-state index in [1.165, 1.54) is 11.1 Å². The molecule has 0 bridgehead atoms. The lowest BCUT2D eigenvalue weighted by Gasteiger charge is -1.90. The van der Waals surface area contributed by atoms with Gasteiger partial charge in [-0.15, -0.1) is 0 Å². The molecule has 0 spiro atoms. The van der Waals surface area contributed by atoms with Crippen LogP contribution in [-0.4, -0.2) is 6.79 Å². The quantitative estimate of drug-likeness (QED) is 0.578. The summed E-state index contributed by atoms with van der Waals surface area (Å²) in [4.78, 5) is 8.00. The molecule has 1 rings (SSSR count). The van der Waals surface area contributed by atoms with E-state index in [-0.39, 0.29) is 0 Å². The van der Waals surface area contributed by atoms with E-state index in [2.05, 4.69) is 38.1 Å². The van der Waals surface area contributed by atoms with Gasteiger partial charge in [-0.1, -0.05) is 49.2 Å². The highest BCUT2D eigenvalue weighted by atomic mass is 16.1. The number of carbonyl (C=O) groups excluding carboxylic acids is 1. The van der Waals surface area contributed by atoms with Crippen molar-refractivity contribution >= 4 is 6.79 Å². The second kappa shape index (κ2) is 9.89. The minimum atomic E-state index is 1.34. The van der Waals surface area contributed by atoms with Gasteiger partial charge in [0.15, 0.2) is 0 Å². The first kappa shape index (κ1) is 13.5. The zero-order chi connectivity index (χ0) is 9.98. The number of hydrogen-bond donors (Lipinski definition) is 0. The standard InChI is InChI=1S/C8H10.C2H6.CH2O/c1-7-4-3-5-8(2)6-7;2*1-2/h3-6H,1-2H3;1-2H3;1H2. The lowest BCUT2D eigenvalue weighted by atomic mass is 10.2. The molecule has 68 valence electrons. The molecular weight excluding hydrogens is 148 g/mol. The Kier molecular flexibility index (Phi) is 11.1. The van der Waals surface area contributed by atoms with Gasteiger partial charge in [0.2, 0.25) is 0 Å². The van der Waals surface area contributed by atoms with Crippen LogP contribution >= 0.6 is 0 Å². The Morgan fingerprint density at radius 2 is 1.33 bits per heavy atom. The molecule has 0 saturated carbocycles. The van der Waals surface area contributed by atoms with Gasteiger partial charge in [0.25, 0.3) is 0 Å². The Hall–Kier alpha value is -1.11. The maximum absolute atomic E-state index is 8.00. The van der Waals surface area contributed by atoms with Crippen LogP contribution in [-0.2, 0) is 4.79 Å². The Balaban J connectivity index is 0. The Morgan fingerprint density at radius 3 is 1.50 bits per heavy atom. The first-order chi connectivity index (χ1) is 5.79. The molecule has 0 amide bonds. The monoisotopic (exact) mass is 166 g/mol. The third-order valence-corrected chi connectivity index (χ3v) is 1.17. The minimum Gasteiger partial charge on any atom is -0.307 e. The van der Waals surface area contributed by atoms with Crippen LogP contribution in [0.25, 0.3) is 0 Å². The van der Waals surface area contributed by atoms with Crippen LogP contribution in [0.5, 0.6) is 0 Å². The van der Waals surface area contributed by atoms with E-state index in [1.54, 1.807) is 0 Å². The highest BCUT2D eigenvalue weighted by Gasteiger charge is 1.80. The number of benzene rings is 1.